The van der Waals surface area contributed by atoms with E-state index in [-0.39, 0.29) is 21.5 Å². The molecule has 0 amide bonds. The second-order valence-corrected chi connectivity index (χ2v) is 8.81. The molecule has 0 aliphatic heterocycles. The third kappa shape index (κ3) is 3.75. The lowest BCUT2D eigenvalue weighted by molar-refractivity contribution is 0.342. The van der Waals surface area contributed by atoms with E-state index in [9.17, 15) is 16.8 Å². The van der Waals surface area contributed by atoms with Gasteiger partial charge in [0.05, 0.1) is 10.6 Å². The van der Waals surface area contributed by atoms with E-state index >= 15 is 0 Å². The first kappa shape index (κ1) is 17.9. The molecule has 1 rings (SSSR count). The SMILES string of the molecule is CCC(C)N(CC)S(=O)(=O)c1cc(S(C)(=O)=O)ccc1N. The van der Waals surface area contributed by atoms with E-state index in [0.717, 1.165) is 12.3 Å². The highest BCUT2D eigenvalue weighted by atomic mass is 32.2. The number of benzene rings is 1. The summed E-state index contributed by atoms with van der Waals surface area (Å²) in [4.78, 5) is -0.219. The fourth-order valence-electron chi connectivity index (χ4n) is 2.02. The molecule has 8 heteroatoms. The lowest BCUT2D eigenvalue weighted by atomic mass is 10.3. The van der Waals surface area contributed by atoms with Crippen molar-refractivity contribution in [3.05, 3.63) is 18.2 Å². The third-order valence-electron chi connectivity index (χ3n) is 3.39. The van der Waals surface area contributed by atoms with Crippen molar-refractivity contribution in [1.82, 2.24) is 4.31 Å². The predicted octanol–water partition coefficient (Wildman–Crippen LogP) is 1.48. The van der Waals surface area contributed by atoms with E-state index in [1.807, 2.05) is 6.92 Å². The van der Waals surface area contributed by atoms with Gasteiger partial charge in [-0.3, -0.25) is 0 Å². The zero-order chi connectivity index (χ0) is 16.4. The Hall–Kier alpha value is -1.12. The Bertz CT molecular complexity index is 712. The molecule has 0 aliphatic carbocycles. The van der Waals surface area contributed by atoms with Crippen molar-refractivity contribution in [3.63, 3.8) is 0 Å². The number of sulfone groups is 1. The van der Waals surface area contributed by atoms with Crippen molar-refractivity contribution < 1.29 is 16.8 Å². The van der Waals surface area contributed by atoms with Crippen LogP contribution in [-0.4, -0.2) is 40.0 Å². The molecule has 1 atom stereocenters. The number of sulfonamides is 1. The summed E-state index contributed by atoms with van der Waals surface area (Å²) in [6.45, 7) is 5.72. The first-order chi connectivity index (χ1) is 9.55. The summed E-state index contributed by atoms with van der Waals surface area (Å²) in [6.07, 6.45) is 1.68. The van der Waals surface area contributed by atoms with Gasteiger partial charge in [0.2, 0.25) is 10.0 Å². The Morgan fingerprint density at radius 1 is 1.19 bits per heavy atom. The summed E-state index contributed by atoms with van der Waals surface area (Å²) >= 11 is 0. The second-order valence-electron chi connectivity index (χ2n) is 4.94. The van der Waals surface area contributed by atoms with Gasteiger partial charge in [0.15, 0.2) is 9.84 Å². The number of rotatable bonds is 6. The maximum absolute atomic E-state index is 12.7. The Labute approximate surface area is 126 Å². The van der Waals surface area contributed by atoms with E-state index in [1.54, 1.807) is 13.8 Å². The summed E-state index contributed by atoms with van der Waals surface area (Å²) in [7, 11) is -7.33. The molecule has 2 N–H and O–H groups in total. The lowest BCUT2D eigenvalue weighted by Gasteiger charge is -2.27. The molecule has 0 saturated heterocycles. The summed E-state index contributed by atoms with van der Waals surface area (Å²) in [5.74, 6) is 0. The summed E-state index contributed by atoms with van der Waals surface area (Å²) in [6, 6.07) is 3.56. The molecule has 1 aromatic rings. The molecule has 0 fully saturated rings. The number of hydrogen-bond donors (Lipinski definition) is 1. The van der Waals surface area contributed by atoms with Gasteiger partial charge in [0, 0.05) is 18.8 Å². The van der Waals surface area contributed by atoms with Crippen LogP contribution < -0.4 is 5.73 Å². The molecular weight excluding hydrogens is 312 g/mol. The standard InChI is InChI=1S/C13H22N2O4S2/c1-5-10(3)15(6-2)21(18,19)13-9-11(20(4,16)17)7-8-12(13)14/h7-10H,5-6,14H2,1-4H3. The van der Waals surface area contributed by atoms with Crippen LogP contribution in [0.3, 0.4) is 0 Å². The smallest absolute Gasteiger partial charge is 0.245 e. The monoisotopic (exact) mass is 334 g/mol. The first-order valence-corrected chi connectivity index (χ1v) is 10.00. The number of nitrogens with zero attached hydrogens (tertiary/aromatic N) is 1. The molecule has 120 valence electrons. The Balaban J connectivity index is 3.51. The van der Waals surface area contributed by atoms with Gasteiger partial charge in [-0.1, -0.05) is 13.8 Å². The van der Waals surface area contributed by atoms with Crippen LogP contribution in [0.2, 0.25) is 0 Å². The predicted molar refractivity (Wildman–Crippen MR) is 83.3 cm³/mol. The summed E-state index contributed by atoms with van der Waals surface area (Å²) < 4.78 is 50.0. The van der Waals surface area contributed by atoms with Gasteiger partial charge in [-0.2, -0.15) is 4.31 Å². The molecule has 1 aromatic carbocycles. The number of nitrogens with two attached hydrogens (primary N) is 1. The zero-order valence-electron chi connectivity index (χ0n) is 12.7. The molecule has 0 bridgehead atoms. The van der Waals surface area contributed by atoms with Gasteiger partial charge in [0.25, 0.3) is 0 Å². The molecule has 0 saturated carbocycles. The molecule has 21 heavy (non-hydrogen) atoms. The van der Waals surface area contributed by atoms with Crippen molar-refractivity contribution in [3.8, 4) is 0 Å². The van der Waals surface area contributed by atoms with Crippen LogP contribution in [0, 0.1) is 0 Å². The number of hydrogen-bond acceptors (Lipinski definition) is 5. The van der Waals surface area contributed by atoms with Crippen molar-refractivity contribution in [2.45, 2.75) is 43.0 Å². The van der Waals surface area contributed by atoms with E-state index in [1.165, 1.54) is 16.4 Å². The fraction of sp³-hybridized carbons (Fsp3) is 0.538. The molecule has 1 unspecified atom stereocenters. The summed E-state index contributed by atoms with van der Waals surface area (Å²) in [5, 5.41) is 0. The zero-order valence-corrected chi connectivity index (χ0v) is 14.3. The van der Waals surface area contributed by atoms with Crippen LogP contribution in [0.5, 0.6) is 0 Å². The van der Waals surface area contributed by atoms with E-state index < -0.39 is 19.9 Å². The number of anilines is 1. The second kappa shape index (κ2) is 6.33. The van der Waals surface area contributed by atoms with Gasteiger partial charge in [-0.25, -0.2) is 16.8 Å². The molecule has 0 aliphatic rings. The van der Waals surface area contributed by atoms with Gasteiger partial charge < -0.3 is 5.73 Å². The van der Waals surface area contributed by atoms with Gasteiger partial charge in [-0.15, -0.1) is 0 Å². The molecule has 6 nitrogen and oxygen atoms in total. The van der Waals surface area contributed by atoms with Gasteiger partial charge in [-0.05, 0) is 31.5 Å². The van der Waals surface area contributed by atoms with Crippen LogP contribution in [0.25, 0.3) is 0 Å². The van der Waals surface area contributed by atoms with E-state index in [2.05, 4.69) is 0 Å². The maximum atomic E-state index is 12.7. The largest absolute Gasteiger partial charge is 0.398 e. The minimum absolute atomic E-state index is 0.0455. The highest BCUT2D eigenvalue weighted by molar-refractivity contribution is 7.91. The van der Waals surface area contributed by atoms with Crippen LogP contribution in [0.15, 0.2) is 28.0 Å². The lowest BCUT2D eigenvalue weighted by Crippen LogP contribution is -2.38. The molecule has 0 heterocycles. The molecule has 0 spiro atoms. The van der Waals surface area contributed by atoms with Gasteiger partial charge in [0.1, 0.15) is 4.90 Å². The Morgan fingerprint density at radius 2 is 1.76 bits per heavy atom. The topological polar surface area (TPSA) is 97.5 Å². The highest BCUT2D eigenvalue weighted by Gasteiger charge is 2.29. The molecular formula is C13H22N2O4S2. The number of nitrogen functional groups attached to an aromatic ring is 1. The van der Waals surface area contributed by atoms with Crippen LogP contribution in [-0.2, 0) is 19.9 Å². The minimum Gasteiger partial charge on any atom is -0.398 e. The first-order valence-electron chi connectivity index (χ1n) is 6.67. The molecule has 0 aromatic heterocycles. The van der Waals surface area contributed by atoms with E-state index in [0.29, 0.717) is 13.0 Å². The Morgan fingerprint density at radius 3 is 2.19 bits per heavy atom. The van der Waals surface area contributed by atoms with Gasteiger partial charge >= 0.3 is 0 Å². The van der Waals surface area contributed by atoms with E-state index in [4.69, 9.17) is 5.73 Å². The Kier molecular flexibility index (Phi) is 5.40. The van der Waals surface area contributed by atoms with Crippen LogP contribution >= 0.6 is 0 Å². The molecule has 0 radical (unpaired) electrons. The quantitative estimate of drug-likeness (QED) is 0.795. The maximum Gasteiger partial charge on any atom is 0.245 e. The normalized spacial score (nSPS) is 14.3. The van der Waals surface area contributed by atoms with Crippen molar-refractivity contribution >= 4 is 25.5 Å². The third-order valence-corrected chi connectivity index (χ3v) is 6.65. The summed E-state index contributed by atoms with van der Waals surface area (Å²) in [5.41, 5.74) is 5.80. The van der Waals surface area contributed by atoms with Crippen LogP contribution in [0.1, 0.15) is 27.2 Å². The highest BCUT2D eigenvalue weighted by Crippen LogP contribution is 2.27. The van der Waals surface area contributed by atoms with Crippen molar-refractivity contribution in [2.75, 3.05) is 18.5 Å². The average molecular weight is 334 g/mol. The fourth-order valence-corrected chi connectivity index (χ4v) is 4.60. The van der Waals surface area contributed by atoms with Crippen molar-refractivity contribution in [1.29, 1.82) is 0 Å². The van der Waals surface area contributed by atoms with Crippen molar-refractivity contribution in [2.24, 2.45) is 0 Å². The van der Waals surface area contributed by atoms with Crippen LogP contribution in [0.4, 0.5) is 5.69 Å². The minimum atomic E-state index is -3.83. The average Bonchev–Trinajstić information content (AvgIpc) is 2.37.